The van der Waals surface area contributed by atoms with Crippen molar-refractivity contribution in [3.8, 4) is 5.75 Å². The zero-order chi connectivity index (χ0) is 20.2. The summed E-state index contributed by atoms with van der Waals surface area (Å²) < 4.78 is 5.75. The minimum Gasteiger partial charge on any atom is -0.494 e. The number of ether oxygens (including phenoxy) is 1. The van der Waals surface area contributed by atoms with Gasteiger partial charge in [0, 0.05) is 45.3 Å². The molecule has 1 heterocycles. The second-order valence-corrected chi connectivity index (χ2v) is 7.81. The van der Waals surface area contributed by atoms with Crippen LogP contribution in [-0.2, 0) is 0 Å². The summed E-state index contributed by atoms with van der Waals surface area (Å²) >= 11 is 0. The monoisotopic (exact) mass is 517 g/mol. The van der Waals surface area contributed by atoms with Gasteiger partial charge in [0.05, 0.1) is 13.2 Å². The number of aliphatic imine (C=N–C) groups is 1. The molecule has 1 aliphatic heterocycles. The molecule has 2 rings (SSSR count). The van der Waals surface area contributed by atoms with Crippen molar-refractivity contribution in [2.75, 3.05) is 59.5 Å². The Kier molecular flexibility index (Phi) is 13.3. The molecule has 1 saturated heterocycles. The summed E-state index contributed by atoms with van der Waals surface area (Å²) in [4.78, 5) is 9.89. The van der Waals surface area contributed by atoms with Gasteiger partial charge >= 0.3 is 0 Å². The van der Waals surface area contributed by atoms with Gasteiger partial charge in [-0.15, -0.1) is 24.0 Å². The zero-order valence-corrected chi connectivity index (χ0v) is 20.9. The summed E-state index contributed by atoms with van der Waals surface area (Å²) in [7, 11) is 2.20. The quantitative estimate of drug-likeness (QED) is 0.217. The molecule has 2 N–H and O–H groups in total. The summed E-state index contributed by atoms with van der Waals surface area (Å²) in [5, 5.41) is 6.81. The van der Waals surface area contributed by atoms with Crippen LogP contribution < -0.4 is 15.4 Å². The van der Waals surface area contributed by atoms with Gasteiger partial charge in [-0.05, 0) is 38.4 Å². The van der Waals surface area contributed by atoms with Crippen LogP contribution in [0, 0.1) is 5.92 Å². The largest absolute Gasteiger partial charge is 0.494 e. The van der Waals surface area contributed by atoms with E-state index in [0.717, 1.165) is 63.9 Å². The number of benzene rings is 1. The molecule has 1 unspecified atom stereocenters. The van der Waals surface area contributed by atoms with E-state index in [1.165, 1.54) is 0 Å². The summed E-state index contributed by atoms with van der Waals surface area (Å²) in [6.07, 6.45) is 0.936. The number of nitrogens with one attached hydrogen (secondary N) is 2. The van der Waals surface area contributed by atoms with Crippen molar-refractivity contribution in [3.63, 3.8) is 0 Å². The Bertz CT molecular complexity index is 562. The summed E-state index contributed by atoms with van der Waals surface area (Å²) in [5.41, 5.74) is 0. The average Bonchev–Trinajstić information content (AvgIpc) is 2.69. The Labute approximate surface area is 194 Å². The Morgan fingerprint density at radius 1 is 1.10 bits per heavy atom. The molecule has 0 amide bonds. The van der Waals surface area contributed by atoms with Crippen LogP contribution in [0.25, 0.3) is 0 Å². The predicted octanol–water partition coefficient (Wildman–Crippen LogP) is 2.90. The molecule has 1 fully saturated rings. The first-order chi connectivity index (χ1) is 13.6. The maximum atomic E-state index is 5.75. The molecule has 1 aliphatic rings. The van der Waals surface area contributed by atoms with Crippen LogP contribution in [0.2, 0.25) is 0 Å². The second-order valence-electron chi connectivity index (χ2n) is 7.81. The number of para-hydroxylation sites is 1. The van der Waals surface area contributed by atoms with Crippen LogP contribution in [0.15, 0.2) is 35.3 Å². The van der Waals surface area contributed by atoms with E-state index in [1.807, 2.05) is 30.3 Å². The SMILES string of the molecule is CCNC(=NCC(C(C)C)N1CCN(C)CC1)NCCCOc1ccccc1.I. The highest BCUT2D eigenvalue weighted by molar-refractivity contribution is 14.0. The van der Waals surface area contributed by atoms with Crippen molar-refractivity contribution in [2.45, 2.75) is 33.2 Å². The standard InChI is InChI=1S/C22H39N5O.HI/c1-5-23-22(24-12-9-17-28-20-10-7-6-8-11-20)25-18-21(19(2)3)27-15-13-26(4)14-16-27;/h6-8,10-11,19,21H,5,9,12-18H2,1-4H3,(H2,23,24,25);1H. The van der Waals surface area contributed by atoms with E-state index in [1.54, 1.807) is 0 Å². The summed E-state index contributed by atoms with van der Waals surface area (Å²) in [6, 6.07) is 10.5. The van der Waals surface area contributed by atoms with E-state index in [4.69, 9.17) is 9.73 Å². The fraction of sp³-hybridized carbons (Fsp3) is 0.682. The highest BCUT2D eigenvalue weighted by Crippen LogP contribution is 2.14. The van der Waals surface area contributed by atoms with Crippen molar-refractivity contribution >= 4 is 29.9 Å². The van der Waals surface area contributed by atoms with E-state index in [0.29, 0.717) is 18.6 Å². The van der Waals surface area contributed by atoms with E-state index in [-0.39, 0.29) is 24.0 Å². The number of likely N-dealkylation sites (N-methyl/N-ethyl adjacent to an activating group) is 1. The predicted molar refractivity (Wildman–Crippen MR) is 134 cm³/mol. The molecule has 1 atom stereocenters. The number of guanidine groups is 1. The third-order valence-electron chi connectivity index (χ3n) is 5.18. The lowest BCUT2D eigenvalue weighted by Gasteiger charge is -2.39. The van der Waals surface area contributed by atoms with Gasteiger partial charge < -0.3 is 20.3 Å². The van der Waals surface area contributed by atoms with Gasteiger partial charge in [0.25, 0.3) is 0 Å². The smallest absolute Gasteiger partial charge is 0.191 e. The molecule has 0 spiro atoms. The van der Waals surface area contributed by atoms with E-state index in [9.17, 15) is 0 Å². The lowest BCUT2D eigenvalue weighted by Crippen LogP contribution is -2.52. The molecule has 0 aliphatic carbocycles. The Morgan fingerprint density at radius 2 is 1.79 bits per heavy atom. The summed E-state index contributed by atoms with van der Waals surface area (Å²) in [6.45, 7) is 14.5. The van der Waals surface area contributed by atoms with Gasteiger partial charge in [0.1, 0.15) is 5.75 Å². The first kappa shape index (κ1) is 26.0. The molecule has 6 nitrogen and oxygen atoms in total. The maximum absolute atomic E-state index is 5.75. The topological polar surface area (TPSA) is 52.1 Å². The first-order valence-corrected chi connectivity index (χ1v) is 10.7. The van der Waals surface area contributed by atoms with Gasteiger partial charge in [-0.3, -0.25) is 9.89 Å². The number of hydrogen-bond donors (Lipinski definition) is 2. The molecule has 0 radical (unpaired) electrons. The van der Waals surface area contributed by atoms with Crippen molar-refractivity contribution in [2.24, 2.45) is 10.9 Å². The molecule has 1 aromatic rings. The molecule has 1 aromatic carbocycles. The zero-order valence-electron chi connectivity index (χ0n) is 18.6. The third kappa shape index (κ3) is 10.00. The number of piperazine rings is 1. The molecular formula is C22H40IN5O. The van der Waals surface area contributed by atoms with Crippen molar-refractivity contribution in [1.29, 1.82) is 0 Å². The highest BCUT2D eigenvalue weighted by atomic mass is 127. The average molecular weight is 518 g/mol. The highest BCUT2D eigenvalue weighted by Gasteiger charge is 2.24. The number of hydrogen-bond acceptors (Lipinski definition) is 4. The van der Waals surface area contributed by atoms with Crippen molar-refractivity contribution in [1.82, 2.24) is 20.4 Å². The minimum absolute atomic E-state index is 0. The third-order valence-corrected chi connectivity index (χ3v) is 5.18. The van der Waals surface area contributed by atoms with Crippen molar-refractivity contribution in [3.05, 3.63) is 30.3 Å². The van der Waals surface area contributed by atoms with Crippen LogP contribution in [0.4, 0.5) is 0 Å². The lowest BCUT2D eigenvalue weighted by atomic mass is 10.0. The summed E-state index contributed by atoms with van der Waals surface area (Å²) in [5.74, 6) is 2.42. The molecule has 0 aromatic heterocycles. The van der Waals surface area contributed by atoms with Gasteiger partial charge in [-0.25, -0.2) is 0 Å². The Balaban J connectivity index is 0.00000420. The minimum atomic E-state index is 0. The number of halogens is 1. The molecule has 166 valence electrons. The fourth-order valence-corrected chi connectivity index (χ4v) is 3.41. The molecule has 0 bridgehead atoms. The van der Waals surface area contributed by atoms with Gasteiger partial charge in [0.15, 0.2) is 5.96 Å². The molecular weight excluding hydrogens is 477 g/mol. The number of nitrogens with zero attached hydrogens (tertiary/aromatic N) is 3. The molecule has 29 heavy (non-hydrogen) atoms. The molecule has 7 heteroatoms. The van der Waals surface area contributed by atoms with Crippen LogP contribution in [0.1, 0.15) is 27.2 Å². The van der Waals surface area contributed by atoms with E-state index < -0.39 is 0 Å². The van der Waals surface area contributed by atoms with E-state index >= 15 is 0 Å². The lowest BCUT2D eigenvalue weighted by molar-refractivity contribution is 0.0925. The normalized spacial score (nSPS) is 16.9. The van der Waals surface area contributed by atoms with Gasteiger partial charge in [-0.1, -0.05) is 32.0 Å². The van der Waals surface area contributed by atoms with Gasteiger partial charge in [-0.2, -0.15) is 0 Å². The maximum Gasteiger partial charge on any atom is 0.191 e. The number of rotatable bonds is 10. The Hall–Kier alpha value is -1.06. The van der Waals surface area contributed by atoms with Crippen molar-refractivity contribution < 1.29 is 4.74 Å². The Morgan fingerprint density at radius 3 is 2.41 bits per heavy atom. The van der Waals surface area contributed by atoms with Crippen LogP contribution in [0.5, 0.6) is 5.75 Å². The molecule has 0 saturated carbocycles. The van der Waals surface area contributed by atoms with Crippen LogP contribution in [0.3, 0.4) is 0 Å². The van der Waals surface area contributed by atoms with E-state index in [2.05, 4.69) is 48.3 Å². The first-order valence-electron chi connectivity index (χ1n) is 10.7. The van der Waals surface area contributed by atoms with Gasteiger partial charge in [0.2, 0.25) is 0 Å². The second kappa shape index (κ2) is 14.8. The fourth-order valence-electron chi connectivity index (χ4n) is 3.41. The van der Waals surface area contributed by atoms with Crippen LogP contribution in [-0.4, -0.2) is 81.3 Å². The van der Waals surface area contributed by atoms with Crippen LogP contribution >= 0.6 is 24.0 Å².